The zero-order valence-electron chi connectivity index (χ0n) is 10.9. The number of carbonyl (C=O) groups excluding carboxylic acids is 2. The van der Waals surface area contributed by atoms with E-state index in [0.29, 0.717) is 25.8 Å². The average Bonchev–Trinajstić information content (AvgIpc) is 2.41. The van der Waals surface area contributed by atoms with E-state index in [-0.39, 0.29) is 11.8 Å². The fourth-order valence-electron chi connectivity index (χ4n) is 2.93. The van der Waals surface area contributed by atoms with Gasteiger partial charge in [0, 0.05) is 6.54 Å². The molecule has 0 aromatic heterocycles. The molecule has 1 heterocycles. The van der Waals surface area contributed by atoms with E-state index in [2.05, 4.69) is 10.6 Å². The van der Waals surface area contributed by atoms with E-state index < -0.39 is 23.8 Å². The van der Waals surface area contributed by atoms with Crippen LogP contribution in [0.5, 0.6) is 0 Å². The van der Waals surface area contributed by atoms with Crippen molar-refractivity contribution in [1.29, 1.82) is 0 Å². The molecule has 1 aliphatic carbocycles. The Bertz CT molecular complexity index is 383. The van der Waals surface area contributed by atoms with Crippen LogP contribution in [0, 0.1) is 11.8 Å². The second kappa shape index (κ2) is 6.04. The molecule has 1 unspecified atom stereocenters. The maximum Gasteiger partial charge on any atom is 0.307 e. The Hall–Kier alpha value is -1.59. The zero-order chi connectivity index (χ0) is 13.8. The second-order valence-corrected chi connectivity index (χ2v) is 5.33. The summed E-state index contributed by atoms with van der Waals surface area (Å²) >= 11 is 0. The van der Waals surface area contributed by atoms with Gasteiger partial charge in [0.25, 0.3) is 0 Å². The summed E-state index contributed by atoms with van der Waals surface area (Å²) < 4.78 is 0. The van der Waals surface area contributed by atoms with Crippen LogP contribution in [-0.2, 0) is 14.4 Å². The molecule has 1 aliphatic heterocycles. The van der Waals surface area contributed by atoms with Gasteiger partial charge in [-0.3, -0.25) is 14.4 Å². The Balaban J connectivity index is 1.97. The minimum Gasteiger partial charge on any atom is -0.481 e. The third-order valence-corrected chi connectivity index (χ3v) is 4.02. The number of hydrogen-bond acceptors (Lipinski definition) is 3. The molecule has 19 heavy (non-hydrogen) atoms. The lowest BCUT2D eigenvalue weighted by molar-refractivity contribution is -0.149. The second-order valence-electron chi connectivity index (χ2n) is 5.33. The smallest absolute Gasteiger partial charge is 0.307 e. The lowest BCUT2D eigenvalue weighted by Crippen LogP contribution is -2.52. The highest BCUT2D eigenvalue weighted by Crippen LogP contribution is 2.30. The topological polar surface area (TPSA) is 95.5 Å². The van der Waals surface area contributed by atoms with Crippen LogP contribution in [0.3, 0.4) is 0 Å². The number of piperidine rings is 1. The van der Waals surface area contributed by atoms with Crippen LogP contribution < -0.4 is 10.6 Å². The van der Waals surface area contributed by atoms with E-state index in [1.807, 2.05) is 0 Å². The minimum atomic E-state index is -0.909. The van der Waals surface area contributed by atoms with E-state index >= 15 is 0 Å². The fourth-order valence-corrected chi connectivity index (χ4v) is 2.93. The van der Waals surface area contributed by atoms with Crippen LogP contribution in [0.2, 0.25) is 0 Å². The first-order valence-corrected chi connectivity index (χ1v) is 6.90. The molecule has 6 heteroatoms. The standard InChI is InChI=1S/C13H20N2O4/c16-11(15-10-6-3-7-14-12(10)17)8-4-1-2-5-9(8)13(18)19/h8-10H,1-7H2,(H,14,17)(H,15,16)(H,18,19)/t8-,9+,10?/m1/s1. The monoisotopic (exact) mass is 268 g/mol. The largest absolute Gasteiger partial charge is 0.481 e. The molecule has 2 amide bonds. The van der Waals surface area contributed by atoms with Crippen molar-refractivity contribution >= 4 is 17.8 Å². The molecule has 2 aliphatic rings. The van der Waals surface area contributed by atoms with Crippen molar-refractivity contribution in [3.63, 3.8) is 0 Å². The molecule has 106 valence electrons. The van der Waals surface area contributed by atoms with Crippen molar-refractivity contribution in [3.8, 4) is 0 Å². The van der Waals surface area contributed by atoms with Gasteiger partial charge in [-0.1, -0.05) is 12.8 Å². The Morgan fingerprint density at radius 1 is 1.11 bits per heavy atom. The van der Waals surface area contributed by atoms with Crippen LogP contribution in [0.25, 0.3) is 0 Å². The van der Waals surface area contributed by atoms with Crippen molar-refractivity contribution < 1.29 is 19.5 Å². The summed E-state index contributed by atoms with van der Waals surface area (Å²) in [6.45, 7) is 0.645. The van der Waals surface area contributed by atoms with Crippen molar-refractivity contribution in [2.24, 2.45) is 11.8 Å². The highest BCUT2D eigenvalue weighted by molar-refractivity contribution is 5.90. The highest BCUT2D eigenvalue weighted by atomic mass is 16.4. The van der Waals surface area contributed by atoms with E-state index in [9.17, 15) is 14.4 Å². The molecule has 1 saturated carbocycles. The molecule has 0 radical (unpaired) electrons. The molecule has 2 fully saturated rings. The molecular formula is C13H20N2O4. The number of hydrogen-bond donors (Lipinski definition) is 3. The first kappa shape index (κ1) is 13.8. The van der Waals surface area contributed by atoms with Crippen molar-refractivity contribution in [2.45, 2.75) is 44.6 Å². The Morgan fingerprint density at radius 2 is 1.79 bits per heavy atom. The summed E-state index contributed by atoms with van der Waals surface area (Å²) in [6, 6.07) is -0.502. The minimum absolute atomic E-state index is 0.165. The molecule has 2 rings (SSSR count). The molecular weight excluding hydrogens is 248 g/mol. The van der Waals surface area contributed by atoms with Crippen LogP contribution >= 0.6 is 0 Å². The predicted molar refractivity (Wildman–Crippen MR) is 67.3 cm³/mol. The van der Waals surface area contributed by atoms with Gasteiger partial charge in [0.2, 0.25) is 11.8 Å². The summed E-state index contributed by atoms with van der Waals surface area (Å²) in [6.07, 6.45) is 4.33. The van der Waals surface area contributed by atoms with Crippen molar-refractivity contribution in [1.82, 2.24) is 10.6 Å². The van der Waals surface area contributed by atoms with Crippen LogP contribution in [0.15, 0.2) is 0 Å². The summed E-state index contributed by atoms with van der Waals surface area (Å²) in [4.78, 5) is 34.9. The van der Waals surface area contributed by atoms with Crippen LogP contribution in [-0.4, -0.2) is 35.5 Å². The normalized spacial score (nSPS) is 31.4. The highest BCUT2D eigenvalue weighted by Gasteiger charge is 2.37. The summed E-state index contributed by atoms with van der Waals surface area (Å²) in [5.74, 6) is -2.47. The quantitative estimate of drug-likeness (QED) is 0.684. The van der Waals surface area contributed by atoms with Gasteiger partial charge in [0.05, 0.1) is 11.8 Å². The SMILES string of the molecule is O=C1NCCCC1NC(=O)[C@@H]1CCCC[C@@H]1C(=O)O. The lowest BCUT2D eigenvalue weighted by atomic mass is 9.78. The van der Waals surface area contributed by atoms with Crippen LogP contribution in [0.4, 0.5) is 0 Å². The number of rotatable bonds is 3. The molecule has 3 atom stereocenters. The van der Waals surface area contributed by atoms with Crippen molar-refractivity contribution in [3.05, 3.63) is 0 Å². The number of carboxylic acid groups (broad SMARTS) is 1. The van der Waals surface area contributed by atoms with Gasteiger partial charge in [0.1, 0.15) is 6.04 Å². The van der Waals surface area contributed by atoms with Gasteiger partial charge in [-0.2, -0.15) is 0 Å². The van der Waals surface area contributed by atoms with Gasteiger partial charge in [-0.25, -0.2) is 0 Å². The van der Waals surface area contributed by atoms with E-state index in [4.69, 9.17) is 5.11 Å². The number of aliphatic carboxylic acids is 1. The molecule has 0 spiro atoms. The molecule has 6 nitrogen and oxygen atoms in total. The summed E-state index contributed by atoms with van der Waals surface area (Å²) in [5, 5.41) is 14.6. The van der Waals surface area contributed by atoms with Gasteiger partial charge in [-0.05, 0) is 25.7 Å². The molecule has 3 N–H and O–H groups in total. The third kappa shape index (κ3) is 3.24. The number of carbonyl (C=O) groups is 3. The molecule has 1 saturated heterocycles. The molecule has 0 aromatic rings. The summed E-state index contributed by atoms with van der Waals surface area (Å²) in [7, 11) is 0. The first-order valence-electron chi connectivity index (χ1n) is 6.90. The summed E-state index contributed by atoms with van der Waals surface area (Å²) in [5.41, 5.74) is 0. The van der Waals surface area contributed by atoms with Gasteiger partial charge < -0.3 is 15.7 Å². The fraction of sp³-hybridized carbons (Fsp3) is 0.769. The lowest BCUT2D eigenvalue weighted by Gasteiger charge is -2.30. The Labute approximate surface area is 111 Å². The molecule has 0 bridgehead atoms. The first-order chi connectivity index (χ1) is 9.09. The van der Waals surface area contributed by atoms with Gasteiger partial charge in [-0.15, -0.1) is 0 Å². The maximum atomic E-state index is 12.2. The van der Waals surface area contributed by atoms with Crippen molar-refractivity contribution in [2.75, 3.05) is 6.54 Å². The zero-order valence-corrected chi connectivity index (χ0v) is 10.9. The molecule has 0 aromatic carbocycles. The third-order valence-electron chi connectivity index (χ3n) is 4.02. The number of nitrogens with one attached hydrogen (secondary N) is 2. The van der Waals surface area contributed by atoms with Gasteiger partial charge in [0.15, 0.2) is 0 Å². The van der Waals surface area contributed by atoms with E-state index in [1.165, 1.54) is 0 Å². The number of carboxylic acids is 1. The maximum absolute atomic E-state index is 12.2. The predicted octanol–water partition coefficient (Wildman–Crippen LogP) is 0.272. The Morgan fingerprint density at radius 3 is 2.42 bits per heavy atom. The van der Waals surface area contributed by atoms with Gasteiger partial charge >= 0.3 is 5.97 Å². The number of amides is 2. The Kier molecular flexibility index (Phi) is 4.39. The van der Waals surface area contributed by atoms with E-state index in [1.54, 1.807) is 0 Å². The average molecular weight is 268 g/mol. The van der Waals surface area contributed by atoms with Crippen LogP contribution in [0.1, 0.15) is 38.5 Å². The van der Waals surface area contributed by atoms with E-state index in [0.717, 1.165) is 19.3 Å².